The molecule has 0 heterocycles. The molecule has 0 saturated heterocycles. The number of esters is 3. The van der Waals surface area contributed by atoms with Gasteiger partial charge < -0.3 is 14.2 Å². The average Bonchev–Trinajstić information content (AvgIpc) is 3.41. The van der Waals surface area contributed by atoms with E-state index >= 15 is 0 Å². The van der Waals surface area contributed by atoms with Crippen molar-refractivity contribution >= 4 is 17.9 Å². The van der Waals surface area contributed by atoms with Crippen LogP contribution in [0.3, 0.4) is 0 Å². The van der Waals surface area contributed by atoms with Crippen LogP contribution in [0.2, 0.25) is 0 Å². The van der Waals surface area contributed by atoms with Crippen LogP contribution in [0.15, 0.2) is 146 Å². The topological polar surface area (TPSA) is 78.9 Å². The number of hydrogen-bond donors (Lipinski definition) is 0. The van der Waals surface area contributed by atoms with Gasteiger partial charge in [-0.2, -0.15) is 0 Å². The van der Waals surface area contributed by atoms with E-state index in [2.05, 4.69) is 142 Å². The van der Waals surface area contributed by atoms with E-state index in [0.717, 1.165) is 83.5 Å². The van der Waals surface area contributed by atoms with Crippen LogP contribution in [0, 0.1) is 0 Å². The van der Waals surface area contributed by atoms with Crippen molar-refractivity contribution < 1.29 is 28.6 Å². The summed E-state index contributed by atoms with van der Waals surface area (Å²) in [5.41, 5.74) is 0. The maximum Gasteiger partial charge on any atom is 0.310 e. The molecule has 0 aromatic rings. The molecule has 0 rings (SSSR count). The number of ether oxygens (including phenoxy) is 3. The van der Waals surface area contributed by atoms with Crippen molar-refractivity contribution in [3.8, 4) is 0 Å². The van der Waals surface area contributed by atoms with Gasteiger partial charge in [0.25, 0.3) is 0 Å². The predicted molar refractivity (Wildman–Crippen MR) is 325 cm³/mol. The number of unbranched alkanes of at least 4 members (excludes halogenated alkanes) is 19. The lowest BCUT2D eigenvalue weighted by atomic mass is 10.0. The average molecular weight is 1040 g/mol. The van der Waals surface area contributed by atoms with E-state index < -0.39 is 12.1 Å². The molecule has 0 aliphatic carbocycles. The van der Waals surface area contributed by atoms with Crippen molar-refractivity contribution in [2.45, 2.75) is 258 Å². The summed E-state index contributed by atoms with van der Waals surface area (Å²) < 4.78 is 16.7. The standard InChI is InChI=1S/C69H110O6/c1-4-7-10-13-16-19-22-25-27-28-29-30-31-32-33-34-35-36-37-38-39-40-42-44-47-50-53-56-59-62-68(71)74-65-66(64-73-67(70)61-58-55-52-49-46-43-24-21-18-15-12-9-6-3)75-69(72)63-60-57-54-51-48-45-41-26-23-20-17-14-11-8-5-2/h8-9,11-12,17-18,20-22,25-26,28-29,31-32,41,43,46,48,51-52,55,57,60,66H,4-7,10,13-16,19,23-24,27,30,33-40,42,44-45,47,49-50,53-54,56,58-59,61-65H2,1-3H3/b11-8-,12-9-,20-17-,21-18-,25-22-,29-28-,32-31-,41-26-,46-43-,51-48-,55-52-,60-57-. The van der Waals surface area contributed by atoms with Crippen molar-refractivity contribution in [2.24, 2.45) is 0 Å². The fraction of sp³-hybridized carbons (Fsp3) is 0.609. The van der Waals surface area contributed by atoms with Gasteiger partial charge in [0.15, 0.2) is 6.10 Å². The first kappa shape index (κ1) is 70.3. The van der Waals surface area contributed by atoms with Crippen molar-refractivity contribution in [1.29, 1.82) is 0 Å². The van der Waals surface area contributed by atoms with Crippen LogP contribution in [-0.2, 0) is 28.6 Å². The molecule has 0 radical (unpaired) electrons. The SMILES string of the molecule is CC/C=C\C/C=C\C/C=C\C/C=C\C/C=C\CC(=O)OC(COC(=O)CC/C=C\C/C=C\C/C=C\C/C=C\CC)COC(=O)CCCCCCCCCCCCCCCC/C=C\C/C=C\C/C=C\CCCCCCC. The number of allylic oxidation sites excluding steroid dienone is 23. The Hall–Kier alpha value is -4.71. The smallest absolute Gasteiger partial charge is 0.310 e. The first-order valence-corrected chi connectivity index (χ1v) is 30.3. The molecule has 0 spiro atoms. The van der Waals surface area contributed by atoms with Gasteiger partial charge in [0.1, 0.15) is 13.2 Å². The minimum Gasteiger partial charge on any atom is -0.462 e. The van der Waals surface area contributed by atoms with Gasteiger partial charge in [-0.1, -0.05) is 269 Å². The number of carbonyl (C=O) groups is 3. The Morgan fingerprint density at radius 3 is 0.960 bits per heavy atom. The van der Waals surface area contributed by atoms with Gasteiger partial charge in [-0.15, -0.1) is 0 Å². The Morgan fingerprint density at radius 2 is 0.587 bits per heavy atom. The molecule has 6 heteroatoms. The van der Waals surface area contributed by atoms with E-state index in [1.807, 2.05) is 18.2 Å². The zero-order valence-corrected chi connectivity index (χ0v) is 48.3. The Labute approximate surface area is 461 Å². The van der Waals surface area contributed by atoms with E-state index in [-0.39, 0.29) is 38.0 Å². The first-order valence-electron chi connectivity index (χ1n) is 30.3. The van der Waals surface area contributed by atoms with Crippen molar-refractivity contribution in [3.63, 3.8) is 0 Å². The maximum absolute atomic E-state index is 12.8. The zero-order valence-electron chi connectivity index (χ0n) is 48.3. The van der Waals surface area contributed by atoms with E-state index in [4.69, 9.17) is 14.2 Å². The van der Waals surface area contributed by atoms with Crippen LogP contribution >= 0.6 is 0 Å². The van der Waals surface area contributed by atoms with Crippen LogP contribution in [0.25, 0.3) is 0 Å². The van der Waals surface area contributed by atoms with E-state index in [0.29, 0.717) is 19.3 Å². The van der Waals surface area contributed by atoms with Crippen LogP contribution < -0.4 is 0 Å². The largest absolute Gasteiger partial charge is 0.462 e. The molecule has 0 saturated carbocycles. The predicted octanol–water partition coefficient (Wildman–Crippen LogP) is 20.8. The molecule has 0 aromatic heterocycles. The quantitative estimate of drug-likeness (QED) is 0.0261. The molecule has 0 aliphatic heterocycles. The molecule has 0 aliphatic rings. The van der Waals surface area contributed by atoms with Gasteiger partial charge in [-0.3, -0.25) is 14.4 Å². The summed E-state index contributed by atoms with van der Waals surface area (Å²) in [7, 11) is 0. The zero-order chi connectivity index (χ0) is 54.3. The first-order chi connectivity index (χ1) is 37.0. The molecule has 0 fully saturated rings. The highest BCUT2D eigenvalue weighted by Crippen LogP contribution is 2.15. The summed E-state index contributed by atoms with van der Waals surface area (Å²) in [5.74, 6) is -1.17. The molecule has 0 N–H and O–H groups in total. The Bertz CT molecular complexity index is 1660. The molecule has 1 unspecified atom stereocenters. The molecule has 1 atom stereocenters. The highest BCUT2D eigenvalue weighted by atomic mass is 16.6. The van der Waals surface area contributed by atoms with Crippen molar-refractivity contribution in [3.05, 3.63) is 146 Å². The third-order valence-corrected chi connectivity index (χ3v) is 12.4. The van der Waals surface area contributed by atoms with Crippen LogP contribution in [0.4, 0.5) is 0 Å². The number of carbonyl (C=O) groups excluding carboxylic acids is 3. The lowest BCUT2D eigenvalue weighted by Crippen LogP contribution is -2.30. The normalized spacial score (nSPS) is 13.2. The van der Waals surface area contributed by atoms with Gasteiger partial charge >= 0.3 is 17.9 Å². The highest BCUT2D eigenvalue weighted by molar-refractivity contribution is 5.72. The van der Waals surface area contributed by atoms with E-state index in [1.165, 1.54) is 116 Å². The Balaban J connectivity index is 4.36. The Kier molecular flexibility index (Phi) is 58.0. The highest BCUT2D eigenvalue weighted by Gasteiger charge is 2.19. The molecule has 75 heavy (non-hydrogen) atoms. The number of rotatable bonds is 53. The van der Waals surface area contributed by atoms with Gasteiger partial charge in [0, 0.05) is 12.8 Å². The summed E-state index contributed by atoms with van der Waals surface area (Å²) in [6, 6.07) is 0. The number of hydrogen-bond acceptors (Lipinski definition) is 6. The maximum atomic E-state index is 12.8. The molecular formula is C69H110O6. The summed E-state index contributed by atoms with van der Waals surface area (Å²) >= 11 is 0. The van der Waals surface area contributed by atoms with Crippen molar-refractivity contribution in [1.82, 2.24) is 0 Å². The van der Waals surface area contributed by atoms with E-state index in [9.17, 15) is 14.4 Å². The minimum atomic E-state index is -0.867. The van der Waals surface area contributed by atoms with Gasteiger partial charge in [0.2, 0.25) is 0 Å². The van der Waals surface area contributed by atoms with Gasteiger partial charge in [-0.05, 0) is 109 Å². The summed E-state index contributed by atoms with van der Waals surface area (Å²) in [6.45, 7) is 6.24. The monoisotopic (exact) mass is 1030 g/mol. The van der Waals surface area contributed by atoms with Gasteiger partial charge in [0.05, 0.1) is 6.42 Å². The molecule has 6 nitrogen and oxygen atoms in total. The minimum absolute atomic E-state index is 0.0767. The second-order valence-corrected chi connectivity index (χ2v) is 19.5. The molecular weight excluding hydrogens is 925 g/mol. The van der Waals surface area contributed by atoms with Crippen LogP contribution in [0.5, 0.6) is 0 Å². The third kappa shape index (κ3) is 60.0. The molecule has 0 amide bonds. The lowest BCUT2D eigenvalue weighted by molar-refractivity contribution is -0.166. The lowest BCUT2D eigenvalue weighted by Gasteiger charge is -2.18. The molecule has 0 bridgehead atoms. The molecule has 0 aromatic carbocycles. The summed E-state index contributed by atoms with van der Waals surface area (Å²) in [5, 5.41) is 0. The van der Waals surface area contributed by atoms with Gasteiger partial charge in [-0.25, -0.2) is 0 Å². The Morgan fingerprint density at radius 1 is 0.293 bits per heavy atom. The second kappa shape index (κ2) is 61.8. The molecule has 422 valence electrons. The third-order valence-electron chi connectivity index (χ3n) is 12.4. The summed E-state index contributed by atoms with van der Waals surface area (Å²) in [4.78, 5) is 38.0. The second-order valence-electron chi connectivity index (χ2n) is 19.5. The van der Waals surface area contributed by atoms with Crippen molar-refractivity contribution in [2.75, 3.05) is 13.2 Å². The fourth-order valence-corrected chi connectivity index (χ4v) is 7.89. The van der Waals surface area contributed by atoms with Crippen LogP contribution in [0.1, 0.15) is 252 Å². The van der Waals surface area contributed by atoms with E-state index in [1.54, 1.807) is 6.08 Å². The summed E-state index contributed by atoms with van der Waals surface area (Å²) in [6.07, 6.45) is 89.0. The van der Waals surface area contributed by atoms with Crippen LogP contribution in [-0.4, -0.2) is 37.2 Å². The fourth-order valence-electron chi connectivity index (χ4n) is 7.89.